The van der Waals surface area contributed by atoms with Gasteiger partial charge >= 0.3 is 0 Å². The molecule has 1 atom stereocenters. The van der Waals surface area contributed by atoms with Crippen LogP contribution in [0.2, 0.25) is 0 Å². The van der Waals surface area contributed by atoms with Crippen molar-refractivity contribution in [3.05, 3.63) is 72.7 Å². The molecule has 140 valence electrons. The molecule has 0 bridgehead atoms. The third-order valence-corrected chi connectivity index (χ3v) is 5.07. The molecule has 0 saturated carbocycles. The highest BCUT2D eigenvalue weighted by atomic mass is 32.2. The first-order chi connectivity index (χ1) is 13.7. The van der Waals surface area contributed by atoms with Crippen LogP contribution in [0.3, 0.4) is 0 Å². The van der Waals surface area contributed by atoms with Crippen molar-refractivity contribution in [1.82, 2.24) is 15.2 Å². The van der Waals surface area contributed by atoms with Crippen molar-refractivity contribution < 1.29 is 13.6 Å². The number of carbonyl (C=O) groups is 1. The molecule has 0 radical (unpaired) electrons. The van der Waals surface area contributed by atoms with Gasteiger partial charge in [0.25, 0.3) is 0 Å². The second-order valence-corrected chi connectivity index (χ2v) is 7.11. The average molecular weight is 392 g/mol. The predicted octanol–water partition coefficient (Wildman–Crippen LogP) is 3.58. The molecule has 0 fully saturated rings. The summed E-state index contributed by atoms with van der Waals surface area (Å²) in [4.78, 5) is 16.5. The number of furan rings is 2. The first kappa shape index (κ1) is 18.0. The molecule has 3 heterocycles. The van der Waals surface area contributed by atoms with Gasteiger partial charge in [-0.05, 0) is 36.2 Å². The van der Waals surface area contributed by atoms with Crippen LogP contribution >= 0.6 is 11.8 Å². The Hall–Kier alpha value is -3.39. The van der Waals surface area contributed by atoms with Crippen LogP contribution in [0.4, 0.5) is 0 Å². The van der Waals surface area contributed by atoms with Crippen molar-refractivity contribution in [3.8, 4) is 22.9 Å². The highest BCUT2D eigenvalue weighted by molar-refractivity contribution is 8.00. The summed E-state index contributed by atoms with van der Waals surface area (Å²) >= 11 is 1.18. The number of rotatable bonds is 7. The third kappa shape index (κ3) is 3.96. The summed E-state index contributed by atoms with van der Waals surface area (Å²) in [6, 6.07) is 16.7. The molecule has 0 spiro atoms. The van der Waals surface area contributed by atoms with Crippen LogP contribution < -0.4 is 5.73 Å². The molecule has 0 saturated heterocycles. The molecular formula is C20H16N4O3S. The molecule has 28 heavy (non-hydrogen) atoms. The molecule has 0 aliphatic rings. The van der Waals surface area contributed by atoms with E-state index in [1.807, 2.05) is 30.3 Å². The monoisotopic (exact) mass is 392 g/mol. The third-order valence-electron chi connectivity index (χ3n) is 4.01. The number of aromatic nitrogens is 3. The number of hydrogen-bond acceptors (Lipinski definition) is 7. The van der Waals surface area contributed by atoms with E-state index in [0.717, 1.165) is 5.56 Å². The van der Waals surface area contributed by atoms with Crippen LogP contribution in [0.15, 0.2) is 81.1 Å². The number of amides is 1. The van der Waals surface area contributed by atoms with Crippen molar-refractivity contribution in [2.24, 2.45) is 5.73 Å². The fraction of sp³-hybridized carbons (Fsp3) is 0.100. The predicted molar refractivity (Wildman–Crippen MR) is 104 cm³/mol. The Morgan fingerprint density at radius 3 is 2.21 bits per heavy atom. The van der Waals surface area contributed by atoms with E-state index in [2.05, 4.69) is 15.2 Å². The maximum atomic E-state index is 12.0. The van der Waals surface area contributed by atoms with Crippen molar-refractivity contribution in [2.45, 2.75) is 16.8 Å². The van der Waals surface area contributed by atoms with Gasteiger partial charge in [0.15, 0.2) is 17.2 Å². The fourth-order valence-electron chi connectivity index (χ4n) is 2.68. The first-order valence-electron chi connectivity index (χ1n) is 8.53. The average Bonchev–Trinajstić information content (AvgIpc) is 3.42. The van der Waals surface area contributed by atoms with Gasteiger partial charge in [0.05, 0.1) is 17.8 Å². The molecule has 4 aromatic rings. The van der Waals surface area contributed by atoms with E-state index in [1.54, 1.807) is 36.8 Å². The summed E-state index contributed by atoms with van der Waals surface area (Å²) in [5.74, 6) is 0.618. The van der Waals surface area contributed by atoms with E-state index in [4.69, 9.17) is 14.6 Å². The largest absolute Gasteiger partial charge is 0.463 e. The lowest BCUT2D eigenvalue weighted by molar-refractivity contribution is -0.117. The molecule has 1 unspecified atom stereocenters. The molecule has 2 N–H and O–H groups in total. The minimum atomic E-state index is -0.525. The number of hydrogen-bond donors (Lipinski definition) is 1. The summed E-state index contributed by atoms with van der Waals surface area (Å²) in [5, 5.41) is 8.23. The van der Waals surface area contributed by atoms with Crippen LogP contribution in [0, 0.1) is 0 Å². The first-order valence-corrected chi connectivity index (χ1v) is 9.41. The number of benzene rings is 1. The van der Waals surface area contributed by atoms with E-state index in [1.165, 1.54) is 11.8 Å². The zero-order chi connectivity index (χ0) is 19.3. The van der Waals surface area contributed by atoms with Gasteiger partial charge in [0.1, 0.15) is 5.69 Å². The Morgan fingerprint density at radius 1 is 0.929 bits per heavy atom. The minimum Gasteiger partial charge on any atom is -0.463 e. The lowest BCUT2D eigenvalue weighted by Gasteiger charge is -2.12. The van der Waals surface area contributed by atoms with E-state index < -0.39 is 11.2 Å². The molecule has 0 aliphatic heterocycles. The van der Waals surface area contributed by atoms with Gasteiger partial charge in [0.2, 0.25) is 11.1 Å². The molecule has 8 heteroatoms. The van der Waals surface area contributed by atoms with Crippen LogP contribution in [-0.2, 0) is 11.2 Å². The second-order valence-electron chi connectivity index (χ2n) is 5.94. The smallest absolute Gasteiger partial charge is 0.231 e. The normalized spacial score (nSPS) is 12.0. The van der Waals surface area contributed by atoms with Gasteiger partial charge < -0.3 is 14.6 Å². The van der Waals surface area contributed by atoms with Crippen LogP contribution in [0.5, 0.6) is 0 Å². The summed E-state index contributed by atoms with van der Waals surface area (Å²) in [6.45, 7) is 0. The Balaban J connectivity index is 1.66. The van der Waals surface area contributed by atoms with Crippen molar-refractivity contribution in [1.29, 1.82) is 0 Å². The van der Waals surface area contributed by atoms with Gasteiger partial charge in [-0.3, -0.25) is 4.79 Å². The highest BCUT2D eigenvalue weighted by Crippen LogP contribution is 2.31. The molecule has 4 rings (SSSR count). The topological polar surface area (TPSA) is 108 Å². The molecule has 3 aromatic heterocycles. The Kier molecular flexibility index (Phi) is 5.20. The molecule has 1 amide bonds. The summed E-state index contributed by atoms with van der Waals surface area (Å²) in [6.07, 6.45) is 3.58. The summed E-state index contributed by atoms with van der Waals surface area (Å²) < 4.78 is 10.9. The lowest BCUT2D eigenvalue weighted by atomic mass is 10.1. The van der Waals surface area contributed by atoms with Crippen LogP contribution in [0.1, 0.15) is 5.56 Å². The van der Waals surface area contributed by atoms with Crippen molar-refractivity contribution in [2.75, 3.05) is 0 Å². The van der Waals surface area contributed by atoms with E-state index >= 15 is 0 Å². The minimum absolute atomic E-state index is 0.335. The summed E-state index contributed by atoms with van der Waals surface area (Å²) in [7, 11) is 0. The van der Waals surface area contributed by atoms with Gasteiger partial charge in [-0.1, -0.05) is 42.1 Å². The highest BCUT2D eigenvalue weighted by Gasteiger charge is 2.23. The quantitative estimate of drug-likeness (QED) is 0.479. The maximum Gasteiger partial charge on any atom is 0.231 e. The zero-order valence-electron chi connectivity index (χ0n) is 14.7. The number of carbonyl (C=O) groups excluding carboxylic acids is 1. The Labute approximate surface area is 165 Å². The van der Waals surface area contributed by atoms with Gasteiger partial charge in [-0.15, -0.1) is 10.2 Å². The molecule has 0 aliphatic carbocycles. The zero-order valence-corrected chi connectivity index (χ0v) is 15.5. The van der Waals surface area contributed by atoms with Crippen LogP contribution in [-0.4, -0.2) is 26.3 Å². The standard InChI is InChI=1S/C20H16N4O3S/c21-19(25)16(12-13-6-2-1-3-7-13)28-20-22-17(14-8-4-10-26-14)18(23-24-20)15-9-5-11-27-15/h1-11,16H,12H2,(H2,21,25). The lowest BCUT2D eigenvalue weighted by Crippen LogP contribution is -2.28. The molecule has 7 nitrogen and oxygen atoms in total. The van der Waals surface area contributed by atoms with Crippen molar-refractivity contribution in [3.63, 3.8) is 0 Å². The van der Waals surface area contributed by atoms with E-state index in [0.29, 0.717) is 34.5 Å². The van der Waals surface area contributed by atoms with Gasteiger partial charge in [-0.2, -0.15) is 0 Å². The maximum absolute atomic E-state index is 12.0. The Bertz CT molecular complexity index is 1050. The van der Waals surface area contributed by atoms with Crippen molar-refractivity contribution >= 4 is 17.7 Å². The Morgan fingerprint density at radius 2 is 1.61 bits per heavy atom. The molecule has 1 aromatic carbocycles. The molecular weight excluding hydrogens is 376 g/mol. The summed E-state index contributed by atoms with van der Waals surface area (Å²) in [5.41, 5.74) is 7.56. The number of nitrogens with two attached hydrogens (primary N) is 1. The van der Waals surface area contributed by atoms with E-state index in [9.17, 15) is 4.79 Å². The number of primary amides is 1. The van der Waals surface area contributed by atoms with Gasteiger partial charge in [-0.25, -0.2) is 4.98 Å². The SMILES string of the molecule is NC(=O)C(Cc1ccccc1)Sc1nnc(-c2ccco2)c(-c2ccco2)n1. The number of thioether (sulfide) groups is 1. The van der Waals surface area contributed by atoms with Gasteiger partial charge in [0, 0.05) is 0 Å². The number of nitrogens with zero attached hydrogens (tertiary/aromatic N) is 3. The fourth-order valence-corrected chi connectivity index (χ4v) is 3.56. The van der Waals surface area contributed by atoms with Crippen LogP contribution in [0.25, 0.3) is 22.9 Å². The van der Waals surface area contributed by atoms with E-state index in [-0.39, 0.29) is 0 Å². The second kappa shape index (κ2) is 8.10.